The van der Waals surface area contributed by atoms with Crippen molar-refractivity contribution in [2.45, 2.75) is 20.0 Å². The molecule has 0 aliphatic heterocycles. The first-order chi connectivity index (χ1) is 10.6. The predicted octanol–water partition coefficient (Wildman–Crippen LogP) is 4.54. The van der Waals surface area contributed by atoms with E-state index in [1.165, 1.54) is 0 Å². The van der Waals surface area contributed by atoms with Crippen molar-refractivity contribution in [2.75, 3.05) is 0 Å². The highest BCUT2D eigenvalue weighted by atomic mass is 35.5. The zero-order valence-electron chi connectivity index (χ0n) is 12.0. The number of thiophene rings is 1. The molecular weight excluding hydrogens is 318 g/mol. The minimum atomic E-state index is -0.262. The number of ether oxygens (including phenoxy) is 1. The van der Waals surface area contributed by atoms with Gasteiger partial charge in [-0.25, -0.2) is 4.98 Å². The van der Waals surface area contributed by atoms with Crippen LogP contribution < -0.4 is 0 Å². The number of hydrogen-bond donors (Lipinski definition) is 0. The van der Waals surface area contributed by atoms with E-state index in [2.05, 4.69) is 4.98 Å². The average Bonchev–Trinajstić information content (AvgIpc) is 2.98. The van der Waals surface area contributed by atoms with Gasteiger partial charge in [0.05, 0.1) is 11.9 Å². The Balaban J connectivity index is 1.72. The molecule has 0 saturated heterocycles. The van der Waals surface area contributed by atoms with Crippen LogP contribution in [0.15, 0.2) is 41.8 Å². The molecule has 0 fully saturated rings. The highest BCUT2D eigenvalue weighted by Crippen LogP contribution is 2.22. The molecule has 0 aliphatic rings. The van der Waals surface area contributed by atoms with Crippen LogP contribution in [0.3, 0.4) is 0 Å². The Morgan fingerprint density at radius 1 is 1.32 bits per heavy atom. The van der Waals surface area contributed by atoms with E-state index >= 15 is 0 Å². The van der Waals surface area contributed by atoms with Gasteiger partial charge < -0.3 is 4.74 Å². The minimum absolute atomic E-state index is 0.139. The fourth-order valence-corrected chi connectivity index (χ4v) is 3.05. The van der Waals surface area contributed by atoms with Gasteiger partial charge in [0, 0.05) is 15.8 Å². The summed E-state index contributed by atoms with van der Waals surface area (Å²) in [7, 11) is 0. The minimum Gasteiger partial charge on any atom is -0.460 e. The standard InChI is InChI=1S/C17H14ClNO2S/c1-11-4-5-12-8-13(17(18)19-15(12)7-11)10-21-16(20)9-14-3-2-6-22-14/h2-8H,9-10H2,1H3. The summed E-state index contributed by atoms with van der Waals surface area (Å²) in [5, 5.41) is 3.30. The van der Waals surface area contributed by atoms with Crippen LogP contribution in [0, 0.1) is 6.92 Å². The highest BCUT2D eigenvalue weighted by Gasteiger charge is 2.10. The van der Waals surface area contributed by atoms with Crippen molar-refractivity contribution < 1.29 is 9.53 Å². The normalized spacial score (nSPS) is 10.8. The van der Waals surface area contributed by atoms with Crippen molar-refractivity contribution in [3.63, 3.8) is 0 Å². The summed E-state index contributed by atoms with van der Waals surface area (Å²) in [5.41, 5.74) is 2.70. The van der Waals surface area contributed by atoms with Gasteiger partial charge in [-0.05, 0) is 36.1 Å². The Kier molecular flexibility index (Phi) is 4.41. The Morgan fingerprint density at radius 2 is 2.18 bits per heavy atom. The molecule has 2 heterocycles. The van der Waals surface area contributed by atoms with Crippen LogP contribution in [-0.4, -0.2) is 11.0 Å². The second-order valence-electron chi connectivity index (χ2n) is 5.05. The number of fused-ring (bicyclic) bond motifs is 1. The van der Waals surface area contributed by atoms with Gasteiger partial charge in [-0.3, -0.25) is 4.79 Å². The van der Waals surface area contributed by atoms with Gasteiger partial charge in [-0.1, -0.05) is 29.8 Å². The zero-order valence-corrected chi connectivity index (χ0v) is 13.6. The Labute approximate surface area is 137 Å². The number of halogens is 1. The van der Waals surface area contributed by atoms with Crippen LogP contribution >= 0.6 is 22.9 Å². The van der Waals surface area contributed by atoms with Gasteiger partial charge in [0.1, 0.15) is 11.8 Å². The Hall–Kier alpha value is -1.91. The lowest BCUT2D eigenvalue weighted by atomic mass is 10.1. The summed E-state index contributed by atoms with van der Waals surface area (Å²) < 4.78 is 5.30. The smallest absolute Gasteiger partial charge is 0.311 e. The lowest BCUT2D eigenvalue weighted by Gasteiger charge is -2.08. The monoisotopic (exact) mass is 331 g/mol. The number of carbonyl (C=O) groups is 1. The quantitative estimate of drug-likeness (QED) is 0.520. The number of aryl methyl sites for hydroxylation is 1. The maximum Gasteiger partial charge on any atom is 0.311 e. The largest absolute Gasteiger partial charge is 0.460 e. The fraction of sp³-hybridized carbons (Fsp3) is 0.176. The maximum atomic E-state index is 11.8. The molecule has 0 atom stereocenters. The van der Waals surface area contributed by atoms with Gasteiger partial charge in [0.15, 0.2) is 0 Å². The van der Waals surface area contributed by atoms with Crippen molar-refractivity contribution in [1.82, 2.24) is 4.98 Å². The Bertz CT molecular complexity index is 815. The van der Waals surface area contributed by atoms with Crippen LogP contribution in [0.4, 0.5) is 0 Å². The molecule has 0 N–H and O–H groups in total. The first-order valence-electron chi connectivity index (χ1n) is 6.85. The topological polar surface area (TPSA) is 39.2 Å². The number of hydrogen-bond acceptors (Lipinski definition) is 4. The fourth-order valence-electron chi connectivity index (χ4n) is 2.16. The molecule has 0 amide bonds. The lowest BCUT2D eigenvalue weighted by molar-refractivity contribution is -0.144. The molecule has 112 valence electrons. The summed E-state index contributed by atoms with van der Waals surface area (Å²) >= 11 is 7.72. The van der Waals surface area contributed by atoms with Crippen molar-refractivity contribution >= 4 is 39.8 Å². The second kappa shape index (κ2) is 6.46. The average molecular weight is 332 g/mol. The predicted molar refractivity (Wildman–Crippen MR) is 89.3 cm³/mol. The Morgan fingerprint density at radius 3 is 2.95 bits per heavy atom. The van der Waals surface area contributed by atoms with Crippen molar-refractivity contribution in [3.05, 3.63) is 62.9 Å². The van der Waals surface area contributed by atoms with E-state index < -0.39 is 0 Å². The van der Waals surface area contributed by atoms with Gasteiger partial charge >= 0.3 is 5.97 Å². The summed E-state index contributed by atoms with van der Waals surface area (Å²) in [5.74, 6) is -0.262. The molecule has 22 heavy (non-hydrogen) atoms. The molecule has 0 saturated carbocycles. The molecule has 0 aliphatic carbocycles. The van der Waals surface area contributed by atoms with Crippen LogP contribution in [0.1, 0.15) is 16.0 Å². The van der Waals surface area contributed by atoms with Gasteiger partial charge in [0.2, 0.25) is 0 Å². The molecule has 0 bridgehead atoms. The first kappa shape index (κ1) is 15.0. The van der Waals surface area contributed by atoms with E-state index in [4.69, 9.17) is 16.3 Å². The second-order valence-corrected chi connectivity index (χ2v) is 6.44. The lowest BCUT2D eigenvalue weighted by Crippen LogP contribution is -2.07. The molecule has 0 spiro atoms. The number of benzene rings is 1. The third-order valence-corrected chi connectivity index (χ3v) is 4.49. The van der Waals surface area contributed by atoms with Crippen LogP contribution in [0.5, 0.6) is 0 Å². The van der Waals surface area contributed by atoms with Crippen LogP contribution in [-0.2, 0) is 22.6 Å². The summed E-state index contributed by atoms with van der Waals surface area (Å²) in [6, 6.07) is 11.7. The first-order valence-corrected chi connectivity index (χ1v) is 8.11. The van der Waals surface area contributed by atoms with Crippen LogP contribution in [0.2, 0.25) is 5.15 Å². The van der Waals surface area contributed by atoms with E-state index in [1.54, 1.807) is 11.3 Å². The number of rotatable bonds is 4. The molecule has 3 nitrogen and oxygen atoms in total. The molecule has 5 heteroatoms. The third-order valence-electron chi connectivity index (χ3n) is 3.29. The number of carbonyl (C=O) groups excluding carboxylic acids is 1. The van der Waals surface area contributed by atoms with Gasteiger partial charge in [-0.15, -0.1) is 11.3 Å². The molecule has 3 aromatic rings. The van der Waals surface area contributed by atoms with E-state index in [9.17, 15) is 4.79 Å². The van der Waals surface area contributed by atoms with E-state index in [0.717, 1.165) is 26.9 Å². The highest BCUT2D eigenvalue weighted by molar-refractivity contribution is 7.10. The number of pyridine rings is 1. The summed E-state index contributed by atoms with van der Waals surface area (Å²) in [6.07, 6.45) is 0.287. The van der Waals surface area contributed by atoms with Crippen molar-refractivity contribution in [3.8, 4) is 0 Å². The summed E-state index contributed by atoms with van der Waals surface area (Å²) in [4.78, 5) is 17.2. The van der Waals surface area contributed by atoms with Gasteiger partial charge in [-0.2, -0.15) is 0 Å². The number of aromatic nitrogens is 1. The molecular formula is C17H14ClNO2S. The number of esters is 1. The van der Waals surface area contributed by atoms with Gasteiger partial charge in [0.25, 0.3) is 0 Å². The maximum absolute atomic E-state index is 11.8. The van der Waals surface area contributed by atoms with E-state index in [-0.39, 0.29) is 19.0 Å². The molecule has 3 rings (SSSR count). The zero-order chi connectivity index (χ0) is 15.5. The molecule has 2 aromatic heterocycles. The molecule has 0 radical (unpaired) electrons. The van der Waals surface area contributed by atoms with Crippen molar-refractivity contribution in [1.29, 1.82) is 0 Å². The molecule has 0 unspecified atom stereocenters. The number of nitrogens with zero attached hydrogens (tertiary/aromatic N) is 1. The SMILES string of the molecule is Cc1ccc2cc(COC(=O)Cc3cccs3)c(Cl)nc2c1. The van der Waals surface area contributed by atoms with Crippen molar-refractivity contribution in [2.24, 2.45) is 0 Å². The van der Waals surface area contributed by atoms with Crippen LogP contribution in [0.25, 0.3) is 10.9 Å². The third kappa shape index (κ3) is 3.46. The summed E-state index contributed by atoms with van der Waals surface area (Å²) in [6.45, 7) is 2.15. The van der Waals surface area contributed by atoms with E-state index in [0.29, 0.717) is 5.15 Å². The van der Waals surface area contributed by atoms with E-state index in [1.807, 2.05) is 48.7 Å². The molecule has 1 aromatic carbocycles.